The van der Waals surface area contributed by atoms with E-state index in [2.05, 4.69) is 10.3 Å². The standard InChI is InChI=1S/C23H20ClN3O4S/c1-14-21(32-22(25-14)15-4-6-16(24)7-5-15)23(30)31-13-19(28)26-17-8-10-18(11-9-17)27-12-2-3-20(27)29/h4-11H,2-3,12-13H2,1H3,(H,26,28). The van der Waals surface area contributed by atoms with Crippen molar-refractivity contribution < 1.29 is 19.1 Å². The molecule has 2 heterocycles. The molecule has 1 N–H and O–H groups in total. The fourth-order valence-electron chi connectivity index (χ4n) is 3.34. The van der Waals surface area contributed by atoms with Crippen LogP contribution >= 0.6 is 22.9 Å². The van der Waals surface area contributed by atoms with Gasteiger partial charge in [-0.2, -0.15) is 0 Å². The Morgan fingerprint density at radius 2 is 1.88 bits per heavy atom. The largest absolute Gasteiger partial charge is 0.451 e. The number of thiazole rings is 1. The van der Waals surface area contributed by atoms with Crippen LogP contribution in [0.4, 0.5) is 11.4 Å². The minimum atomic E-state index is -0.599. The van der Waals surface area contributed by atoms with E-state index in [0.717, 1.165) is 17.7 Å². The normalized spacial score (nSPS) is 13.3. The predicted octanol–water partition coefficient (Wildman–Crippen LogP) is 4.69. The van der Waals surface area contributed by atoms with Gasteiger partial charge in [-0.15, -0.1) is 11.3 Å². The minimum absolute atomic E-state index is 0.103. The van der Waals surface area contributed by atoms with Crippen LogP contribution in [0.5, 0.6) is 0 Å². The van der Waals surface area contributed by atoms with Gasteiger partial charge in [-0.05, 0) is 49.7 Å². The van der Waals surface area contributed by atoms with Crippen molar-refractivity contribution >= 4 is 52.1 Å². The van der Waals surface area contributed by atoms with E-state index in [1.165, 1.54) is 11.3 Å². The number of carbonyl (C=O) groups is 3. The summed E-state index contributed by atoms with van der Waals surface area (Å²) in [6.07, 6.45) is 1.41. The molecular weight excluding hydrogens is 450 g/mol. The van der Waals surface area contributed by atoms with Gasteiger partial charge in [0.25, 0.3) is 5.91 Å². The summed E-state index contributed by atoms with van der Waals surface area (Å²) in [4.78, 5) is 43.0. The molecule has 0 aliphatic carbocycles. The molecular formula is C23H20ClN3O4S. The summed E-state index contributed by atoms with van der Waals surface area (Å²) in [6.45, 7) is 2.01. The molecule has 164 valence electrons. The van der Waals surface area contributed by atoms with Gasteiger partial charge in [0.05, 0.1) is 5.69 Å². The van der Waals surface area contributed by atoms with Crippen molar-refractivity contribution in [2.75, 3.05) is 23.4 Å². The molecule has 0 spiro atoms. The second kappa shape index (κ2) is 9.50. The van der Waals surface area contributed by atoms with Crippen LogP contribution in [0.15, 0.2) is 48.5 Å². The molecule has 0 radical (unpaired) electrons. The van der Waals surface area contributed by atoms with Gasteiger partial charge in [0.1, 0.15) is 9.88 Å². The lowest BCUT2D eigenvalue weighted by molar-refractivity contribution is -0.119. The molecule has 2 amide bonds. The van der Waals surface area contributed by atoms with Crippen molar-refractivity contribution in [3.05, 3.63) is 64.1 Å². The second-order valence-corrected chi connectivity index (χ2v) is 8.70. The quantitative estimate of drug-likeness (QED) is 0.529. The first-order valence-corrected chi connectivity index (χ1v) is 11.2. The third-order valence-electron chi connectivity index (χ3n) is 4.94. The molecule has 0 bridgehead atoms. The summed E-state index contributed by atoms with van der Waals surface area (Å²) >= 11 is 7.12. The SMILES string of the molecule is Cc1nc(-c2ccc(Cl)cc2)sc1C(=O)OCC(=O)Nc1ccc(N2CCCC2=O)cc1. The summed E-state index contributed by atoms with van der Waals surface area (Å²) in [5, 5.41) is 3.98. The van der Waals surface area contributed by atoms with Gasteiger partial charge in [0.2, 0.25) is 5.91 Å². The number of anilines is 2. The topological polar surface area (TPSA) is 88.6 Å². The number of esters is 1. The summed E-state index contributed by atoms with van der Waals surface area (Å²) in [5.41, 5.74) is 2.74. The highest BCUT2D eigenvalue weighted by molar-refractivity contribution is 7.17. The van der Waals surface area contributed by atoms with Crippen LogP contribution in [0, 0.1) is 6.92 Å². The first-order chi connectivity index (χ1) is 15.4. The number of ether oxygens (including phenoxy) is 1. The monoisotopic (exact) mass is 469 g/mol. The molecule has 1 aliphatic heterocycles. The fourth-order valence-corrected chi connectivity index (χ4v) is 4.43. The summed E-state index contributed by atoms with van der Waals surface area (Å²) in [5.74, 6) is -0.951. The van der Waals surface area contributed by atoms with Crippen LogP contribution in [0.25, 0.3) is 10.6 Å². The number of carbonyl (C=O) groups excluding carboxylic acids is 3. The highest BCUT2D eigenvalue weighted by Crippen LogP contribution is 2.29. The van der Waals surface area contributed by atoms with E-state index in [0.29, 0.717) is 39.3 Å². The number of halogens is 1. The van der Waals surface area contributed by atoms with E-state index >= 15 is 0 Å². The zero-order valence-electron chi connectivity index (χ0n) is 17.3. The molecule has 0 atom stereocenters. The Kier molecular flexibility index (Phi) is 6.53. The van der Waals surface area contributed by atoms with Crippen LogP contribution in [-0.2, 0) is 14.3 Å². The smallest absolute Gasteiger partial charge is 0.350 e. The molecule has 1 saturated heterocycles. The van der Waals surface area contributed by atoms with Gasteiger partial charge in [-0.3, -0.25) is 9.59 Å². The molecule has 1 fully saturated rings. The summed E-state index contributed by atoms with van der Waals surface area (Å²) in [6, 6.07) is 14.2. The van der Waals surface area contributed by atoms with Crippen molar-refractivity contribution in [2.45, 2.75) is 19.8 Å². The van der Waals surface area contributed by atoms with Crippen molar-refractivity contribution in [1.29, 1.82) is 0 Å². The van der Waals surface area contributed by atoms with Crippen LogP contribution in [0.1, 0.15) is 28.2 Å². The van der Waals surface area contributed by atoms with E-state index in [9.17, 15) is 14.4 Å². The second-order valence-electron chi connectivity index (χ2n) is 7.26. The lowest BCUT2D eigenvalue weighted by Gasteiger charge is -2.16. The fraction of sp³-hybridized carbons (Fsp3) is 0.217. The maximum absolute atomic E-state index is 12.5. The summed E-state index contributed by atoms with van der Waals surface area (Å²) in [7, 11) is 0. The van der Waals surface area contributed by atoms with E-state index < -0.39 is 18.5 Å². The maximum atomic E-state index is 12.5. The Bertz CT molecular complexity index is 1160. The first kappa shape index (κ1) is 22.0. The molecule has 1 aliphatic rings. The van der Waals surface area contributed by atoms with Crippen molar-refractivity contribution in [3.8, 4) is 10.6 Å². The van der Waals surface area contributed by atoms with E-state index in [1.807, 2.05) is 12.1 Å². The highest BCUT2D eigenvalue weighted by Gasteiger charge is 2.22. The molecule has 0 saturated carbocycles. The average Bonchev–Trinajstić information content (AvgIpc) is 3.39. The number of hydrogen-bond donors (Lipinski definition) is 1. The third-order valence-corrected chi connectivity index (χ3v) is 6.38. The van der Waals surface area contributed by atoms with E-state index in [4.69, 9.17) is 16.3 Å². The summed E-state index contributed by atoms with van der Waals surface area (Å²) < 4.78 is 5.18. The molecule has 2 aromatic carbocycles. The van der Waals surface area contributed by atoms with Crippen LogP contribution in [0.2, 0.25) is 5.02 Å². The predicted molar refractivity (Wildman–Crippen MR) is 124 cm³/mol. The van der Waals surface area contributed by atoms with Gasteiger partial charge in [-0.1, -0.05) is 23.7 Å². The Morgan fingerprint density at radius 3 is 2.53 bits per heavy atom. The molecule has 4 rings (SSSR count). The maximum Gasteiger partial charge on any atom is 0.350 e. The van der Waals surface area contributed by atoms with Gasteiger partial charge in [-0.25, -0.2) is 9.78 Å². The molecule has 7 nitrogen and oxygen atoms in total. The number of aromatic nitrogens is 1. The van der Waals surface area contributed by atoms with Gasteiger partial charge in [0.15, 0.2) is 6.61 Å². The van der Waals surface area contributed by atoms with Gasteiger partial charge >= 0.3 is 5.97 Å². The van der Waals surface area contributed by atoms with Crippen LogP contribution in [0.3, 0.4) is 0 Å². The van der Waals surface area contributed by atoms with Crippen LogP contribution in [-0.4, -0.2) is 35.9 Å². The number of hydrogen-bond acceptors (Lipinski definition) is 6. The van der Waals surface area contributed by atoms with E-state index in [1.54, 1.807) is 48.2 Å². The number of benzene rings is 2. The van der Waals surface area contributed by atoms with E-state index in [-0.39, 0.29) is 5.91 Å². The van der Waals surface area contributed by atoms with Gasteiger partial charge in [0, 0.05) is 34.9 Å². The van der Waals surface area contributed by atoms with Crippen molar-refractivity contribution in [3.63, 3.8) is 0 Å². The number of aryl methyl sites for hydroxylation is 1. The average molecular weight is 470 g/mol. The molecule has 0 unspecified atom stereocenters. The first-order valence-electron chi connectivity index (χ1n) is 10.0. The highest BCUT2D eigenvalue weighted by atomic mass is 35.5. The third kappa shape index (κ3) is 4.98. The Balaban J connectivity index is 1.32. The molecule has 32 heavy (non-hydrogen) atoms. The Labute approximate surface area is 194 Å². The lowest BCUT2D eigenvalue weighted by atomic mass is 10.2. The van der Waals surface area contributed by atoms with Gasteiger partial charge < -0.3 is 15.0 Å². The zero-order valence-corrected chi connectivity index (χ0v) is 18.8. The number of nitrogens with zero attached hydrogens (tertiary/aromatic N) is 2. The van der Waals surface area contributed by atoms with Crippen molar-refractivity contribution in [2.24, 2.45) is 0 Å². The Morgan fingerprint density at radius 1 is 1.16 bits per heavy atom. The Hall–Kier alpha value is -3.23. The molecule has 3 aromatic rings. The minimum Gasteiger partial charge on any atom is -0.451 e. The van der Waals surface area contributed by atoms with Crippen molar-refractivity contribution in [1.82, 2.24) is 4.98 Å². The lowest BCUT2D eigenvalue weighted by Crippen LogP contribution is -2.23. The molecule has 9 heteroatoms. The number of rotatable bonds is 6. The zero-order chi connectivity index (χ0) is 22.7. The van der Waals surface area contributed by atoms with Crippen LogP contribution < -0.4 is 10.2 Å². The number of nitrogens with one attached hydrogen (secondary N) is 1. The number of amides is 2. The molecule has 1 aromatic heterocycles.